The van der Waals surface area contributed by atoms with E-state index in [-0.39, 0.29) is 35.1 Å². The molecule has 2 aromatic heterocycles. The predicted molar refractivity (Wildman–Crippen MR) is 100 cm³/mol. The molecule has 4 rings (SSSR count). The quantitative estimate of drug-likeness (QED) is 0.674. The zero-order valence-corrected chi connectivity index (χ0v) is 15.5. The Morgan fingerprint density at radius 1 is 1.18 bits per heavy atom. The van der Waals surface area contributed by atoms with Crippen LogP contribution in [-0.4, -0.2) is 63.1 Å². The molecule has 1 amide bonds. The summed E-state index contributed by atoms with van der Waals surface area (Å²) < 4.78 is 19.6. The van der Waals surface area contributed by atoms with Crippen molar-refractivity contribution in [2.24, 2.45) is 0 Å². The summed E-state index contributed by atoms with van der Waals surface area (Å²) in [4.78, 5) is 33.7. The van der Waals surface area contributed by atoms with Gasteiger partial charge in [0.15, 0.2) is 0 Å². The smallest absolute Gasteiger partial charge is 0.267 e. The standard InChI is InChI=1S/C19H20FN5O3/c1-2-23-7-9-24(10-8-23)15(26)11-25-12-21-18-16(19(25)27)17(22-28-18)13-3-5-14(20)6-4-13/h3-6,12H,2,7-11H2,1H3. The van der Waals surface area contributed by atoms with Gasteiger partial charge < -0.3 is 14.3 Å². The van der Waals surface area contributed by atoms with Gasteiger partial charge in [0, 0.05) is 31.7 Å². The molecule has 1 aliphatic rings. The molecule has 28 heavy (non-hydrogen) atoms. The van der Waals surface area contributed by atoms with Gasteiger partial charge in [0.25, 0.3) is 11.3 Å². The highest BCUT2D eigenvalue weighted by molar-refractivity contribution is 5.88. The van der Waals surface area contributed by atoms with Crippen molar-refractivity contribution in [3.05, 3.63) is 46.8 Å². The first-order valence-electron chi connectivity index (χ1n) is 9.17. The van der Waals surface area contributed by atoms with E-state index in [0.717, 1.165) is 19.6 Å². The molecule has 0 unspecified atom stereocenters. The summed E-state index contributed by atoms with van der Waals surface area (Å²) >= 11 is 0. The van der Waals surface area contributed by atoms with Crippen molar-refractivity contribution in [2.45, 2.75) is 13.5 Å². The number of nitrogens with zero attached hydrogens (tertiary/aromatic N) is 5. The largest absolute Gasteiger partial charge is 0.339 e. The third-order valence-electron chi connectivity index (χ3n) is 5.06. The first-order valence-corrected chi connectivity index (χ1v) is 9.17. The highest BCUT2D eigenvalue weighted by atomic mass is 19.1. The van der Waals surface area contributed by atoms with Gasteiger partial charge in [0.1, 0.15) is 29.8 Å². The van der Waals surface area contributed by atoms with E-state index in [9.17, 15) is 14.0 Å². The highest BCUT2D eigenvalue weighted by Crippen LogP contribution is 2.24. The van der Waals surface area contributed by atoms with Crippen LogP contribution in [0.5, 0.6) is 0 Å². The molecule has 3 aromatic rings. The van der Waals surface area contributed by atoms with Crippen LogP contribution < -0.4 is 5.56 Å². The van der Waals surface area contributed by atoms with Gasteiger partial charge in [-0.15, -0.1) is 0 Å². The molecule has 0 spiro atoms. The lowest BCUT2D eigenvalue weighted by Crippen LogP contribution is -2.49. The van der Waals surface area contributed by atoms with E-state index >= 15 is 0 Å². The number of halogens is 1. The highest BCUT2D eigenvalue weighted by Gasteiger charge is 2.22. The molecule has 0 atom stereocenters. The van der Waals surface area contributed by atoms with Crippen LogP contribution in [0.15, 0.2) is 39.9 Å². The fraction of sp³-hybridized carbons (Fsp3) is 0.368. The Kier molecular flexibility index (Phi) is 4.91. The first kappa shape index (κ1) is 18.3. The van der Waals surface area contributed by atoms with Gasteiger partial charge in [-0.2, -0.15) is 0 Å². The number of hydrogen-bond acceptors (Lipinski definition) is 6. The van der Waals surface area contributed by atoms with E-state index in [1.807, 2.05) is 0 Å². The number of rotatable bonds is 4. The summed E-state index contributed by atoms with van der Waals surface area (Å²) in [5.74, 6) is -0.514. The Morgan fingerprint density at radius 2 is 1.89 bits per heavy atom. The second kappa shape index (κ2) is 7.51. The minimum absolute atomic E-state index is 0.0876. The Hall–Kier alpha value is -3.07. The van der Waals surface area contributed by atoms with Crippen molar-refractivity contribution in [1.29, 1.82) is 0 Å². The van der Waals surface area contributed by atoms with Crippen molar-refractivity contribution in [1.82, 2.24) is 24.5 Å². The number of fused-ring (bicyclic) bond motifs is 1. The molecule has 9 heteroatoms. The van der Waals surface area contributed by atoms with E-state index in [1.54, 1.807) is 4.90 Å². The van der Waals surface area contributed by atoms with Gasteiger partial charge in [0.2, 0.25) is 5.91 Å². The number of benzene rings is 1. The maximum absolute atomic E-state index is 13.2. The fourth-order valence-corrected chi connectivity index (χ4v) is 3.36. The van der Waals surface area contributed by atoms with Crippen LogP contribution in [0.4, 0.5) is 4.39 Å². The van der Waals surface area contributed by atoms with Crippen LogP contribution in [0, 0.1) is 5.82 Å². The molecule has 0 radical (unpaired) electrons. The zero-order valence-electron chi connectivity index (χ0n) is 15.5. The molecule has 0 aliphatic carbocycles. The Balaban J connectivity index is 1.61. The molecule has 1 aliphatic heterocycles. The van der Waals surface area contributed by atoms with Crippen LogP contribution in [0.3, 0.4) is 0 Å². The summed E-state index contributed by atoms with van der Waals surface area (Å²) in [5, 5.41) is 4.09. The van der Waals surface area contributed by atoms with Crippen molar-refractivity contribution >= 4 is 17.0 Å². The van der Waals surface area contributed by atoms with Gasteiger partial charge in [-0.05, 0) is 30.8 Å². The number of carbonyl (C=O) groups excluding carboxylic acids is 1. The lowest BCUT2D eigenvalue weighted by atomic mass is 10.1. The van der Waals surface area contributed by atoms with E-state index < -0.39 is 5.56 Å². The third-order valence-corrected chi connectivity index (χ3v) is 5.06. The minimum Gasteiger partial charge on any atom is -0.339 e. The van der Waals surface area contributed by atoms with E-state index in [1.165, 1.54) is 35.2 Å². The van der Waals surface area contributed by atoms with E-state index in [0.29, 0.717) is 18.7 Å². The third kappa shape index (κ3) is 3.40. The molecule has 8 nitrogen and oxygen atoms in total. The van der Waals surface area contributed by atoms with Gasteiger partial charge >= 0.3 is 0 Å². The van der Waals surface area contributed by atoms with Crippen molar-refractivity contribution in [3.8, 4) is 11.3 Å². The SMILES string of the molecule is CCN1CCN(C(=O)Cn2cnc3onc(-c4ccc(F)cc4)c3c2=O)CC1. The average molecular weight is 385 g/mol. The lowest BCUT2D eigenvalue weighted by Gasteiger charge is -2.34. The predicted octanol–water partition coefficient (Wildman–Crippen LogP) is 1.35. The number of likely N-dealkylation sites (N-methyl/N-ethyl adjacent to an activating group) is 1. The Bertz CT molecular complexity index is 1050. The van der Waals surface area contributed by atoms with E-state index in [2.05, 4.69) is 22.0 Å². The molecular formula is C19H20FN5O3. The van der Waals surface area contributed by atoms with Crippen LogP contribution in [0.25, 0.3) is 22.4 Å². The normalized spacial score (nSPS) is 15.3. The van der Waals surface area contributed by atoms with Crippen molar-refractivity contribution in [3.63, 3.8) is 0 Å². The molecule has 0 bridgehead atoms. The number of aromatic nitrogens is 3. The van der Waals surface area contributed by atoms with E-state index in [4.69, 9.17) is 4.52 Å². The summed E-state index contributed by atoms with van der Waals surface area (Å²) in [6.45, 7) is 5.90. The molecular weight excluding hydrogens is 365 g/mol. The van der Waals surface area contributed by atoms with Crippen LogP contribution in [-0.2, 0) is 11.3 Å². The van der Waals surface area contributed by atoms with Crippen molar-refractivity contribution in [2.75, 3.05) is 32.7 Å². The number of amides is 1. The molecule has 1 saturated heterocycles. The Labute approximate surface area is 160 Å². The average Bonchev–Trinajstić information content (AvgIpc) is 3.15. The summed E-state index contributed by atoms with van der Waals surface area (Å²) in [6.07, 6.45) is 1.30. The second-order valence-corrected chi connectivity index (χ2v) is 6.71. The molecule has 1 fully saturated rings. The number of hydrogen-bond donors (Lipinski definition) is 0. The molecule has 1 aromatic carbocycles. The van der Waals surface area contributed by atoms with Crippen LogP contribution in [0.1, 0.15) is 6.92 Å². The number of carbonyl (C=O) groups is 1. The van der Waals surface area contributed by atoms with Gasteiger partial charge in [-0.25, -0.2) is 9.37 Å². The Morgan fingerprint density at radius 3 is 2.57 bits per heavy atom. The topological polar surface area (TPSA) is 84.5 Å². The maximum Gasteiger partial charge on any atom is 0.267 e. The molecule has 0 N–H and O–H groups in total. The monoisotopic (exact) mass is 385 g/mol. The fourth-order valence-electron chi connectivity index (χ4n) is 3.36. The van der Waals surface area contributed by atoms with Crippen LogP contribution >= 0.6 is 0 Å². The molecule has 0 saturated carbocycles. The second-order valence-electron chi connectivity index (χ2n) is 6.71. The summed E-state index contributed by atoms with van der Waals surface area (Å²) in [6, 6.07) is 5.60. The van der Waals surface area contributed by atoms with Crippen molar-refractivity contribution < 1.29 is 13.7 Å². The van der Waals surface area contributed by atoms with Gasteiger partial charge in [-0.1, -0.05) is 12.1 Å². The maximum atomic E-state index is 13.2. The minimum atomic E-state index is -0.411. The lowest BCUT2D eigenvalue weighted by molar-refractivity contribution is -0.133. The van der Waals surface area contributed by atoms with Gasteiger partial charge in [-0.3, -0.25) is 14.2 Å². The summed E-state index contributed by atoms with van der Waals surface area (Å²) in [7, 11) is 0. The van der Waals surface area contributed by atoms with Gasteiger partial charge in [0.05, 0.1) is 0 Å². The summed E-state index contributed by atoms with van der Waals surface area (Å²) in [5.41, 5.74) is 0.500. The first-order chi connectivity index (χ1) is 13.6. The molecule has 146 valence electrons. The molecule has 3 heterocycles. The van der Waals surface area contributed by atoms with Crippen LogP contribution in [0.2, 0.25) is 0 Å². The zero-order chi connectivity index (χ0) is 19.7. The number of piperazine rings is 1.